The number of fused-ring (bicyclic) bond motifs is 2. The molecule has 1 saturated carbocycles. The Morgan fingerprint density at radius 2 is 2.19 bits per heavy atom. The number of hydrogen-bond donors (Lipinski definition) is 0. The number of nitrogens with zero attached hydrogens (tertiary/aromatic N) is 4. The zero-order valence-corrected chi connectivity index (χ0v) is 16.2. The predicted octanol–water partition coefficient (Wildman–Crippen LogP) is 3.20. The molecule has 9 heteroatoms. The van der Waals surface area contributed by atoms with Gasteiger partial charge in [0.05, 0.1) is 5.56 Å². The zero-order chi connectivity index (χ0) is 19.0. The summed E-state index contributed by atoms with van der Waals surface area (Å²) in [5.74, 6) is 0.801. The highest BCUT2D eigenvalue weighted by atomic mass is 35.5. The third-order valence-electron chi connectivity index (χ3n) is 4.96. The molecule has 27 heavy (non-hydrogen) atoms. The van der Waals surface area contributed by atoms with Gasteiger partial charge in [-0.05, 0) is 53.5 Å². The number of thioether (sulfide) groups is 1. The average Bonchev–Trinajstić information content (AvgIpc) is 3.25. The van der Waals surface area contributed by atoms with Crippen LogP contribution in [0.15, 0.2) is 35.2 Å². The lowest BCUT2D eigenvalue weighted by atomic mass is 9.93. The smallest absolute Gasteiger partial charge is 0.343 e. The van der Waals surface area contributed by atoms with E-state index in [2.05, 4.69) is 15.5 Å². The van der Waals surface area contributed by atoms with Gasteiger partial charge in [-0.2, -0.15) is 0 Å². The number of halogens is 1. The number of tetrazole rings is 1. The molecule has 0 amide bonds. The van der Waals surface area contributed by atoms with Gasteiger partial charge < -0.3 is 4.74 Å². The lowest BCUT2D eigenvalue weighted by molar-refractivity contribution is -0.118. The van der Waals surface area contributed by atoms with Gasteiger partial charge in [0.1, 0.15) is 5.76 Å². The number of rotatable bonds is 5. The van der Waals surface area contributed by atoms with Crippen molar-refractivity contribution in [1.82, 2.24) is 20.2 Å². The number of ether oxygens (including phenoxy) is 1. The molecule has 7 nitrogen and oxygen atoms in total. The molecule has 2 aliphatic rings. The standard InChI is InChI=1S/C18H17ClN4O3S/c1-23-18(20-21-22-23)27-9-12-7-13(19)4-5-14(12)17(25)26-16-8-15(24)10-2-3-11(16)6-10/h4-5,7-8,10-11H,2-3,6,9H2,1H3. The molecule has 1 aromatic heterocycles. The molecule has 0 aliphatic heterocycles. The topological polar surface area (TPSA) is 87.0 Å². The average molecular weight is 405 g/mol. The van der Waals surface area contributed by atoms with E-state index in [9.17, 15) is 9.59 Å². The molecule has 140 valence electrons. The normalized spacial score (nSPS) is 21.3. The van der Waals surface area contributed by atoms with Gasteiger partial charge in [-0.25, -0.2) is 9.48 Å². The SMILES string of the molecule is Cn1nnnc1SCc1cc(Cl)ccc1C(=O)OC1=CC(=O)C2CCC1C2. The number of hydrogen-bond acceptors (Lipinski definition) is 7. The molecule has 1 fully saturated rings. The number of allylic oxidation sites excluding steroid dienone is 2. The minimum Gasteiger partial charge on any atom is -0.427 e. The quantitative estimate of drug-likeness (QED) is 0.558. The lowest BCUT2D eigenvalue weighted by Gasteiger charge is -2.19. The van der Waals surface area contributed by atoms with Gasteiger partial charge in [-0.15, -0.1) is 5.10 Å². The van der Waals surface area contributed by atoms with Crippen molar-refractivity contribution in [3.05, 3.63) is 46.2 Å². The number of benzene rings is 1. The monoisotopic (exact) mass is 404 g/mol. The van der Waals surface area contributed by atoms with E-state index in [0.29, 0.717) is 27.3 Å². The van der Waals surface area contributed by atoms with Crippen LogP contribution in [0.5, 0.6) is 0 Å². The van der Waals surface area contributed by atoms with Crippen LogP contribution >= 0.6 is 23.4 Å². The number of carbonyl (C=O) groups is 2. The van der Waals surface area contributed by atoms with Crippen molar-refractivity contribution in [1.29, 1.82) is 0 Å². The third kappa shape index (κ3) is 3.77. The maximum absolute atomic E-state index is 12.8. The number of aromatic nitrogens is 4. The number of ketones is 1. The Labute approximate surface area is 165 Å². The molecular weight excluding hydrogens is 388 g/mol. The Kier molecular flexibility index (Phi) is 5.01. The van der Waals surface area contributed by atoms with Crippen molar-refractivity contribution < 1.29 is 14.3 Å². The maximum atomic E-state index is 12.8. The molecule has 1 heterocycles. The minimum atomic E-state index is -0.470. The van der Waals surface area contributed by atoms with E-state index in [1.165, 1.54) is 17.8 Å². The van der Waals surface area contributed by atoms with Gasteiger partial charge in [0.2, 0.25) is 5.16 Å². The van der Waals surface area contributed by atoms with E-state index in [-0.39, 0.29) is 17.6 Å². The molecule has 2 unspecified atom stereocenters. The van der Waals surface area contributed by atoms with Crippen molar-refractivity contribution in [3.63, 3.8) is 0 Å². The summed E-state index contributed by atoms with van der Waals surface area (Å²) in [7, 11) is 1.75. The van der Waals surface area contributed by atoms with E-state index in [4.69, 9.17) is 16.3 Å². The summed E-state index contributed by atoms with van der Waals surface area (Å²) < 4.78 is 7.18. The second-order valence-corrected chi connectivity index (χ2v) is 8.10. The summed E-state index contributed by atoms with van der Waals surface area (Å²) in [4.78, 5) is 24.8. The molecule has 2 bridgehead atoms. The van der Waals surface area contributed by atoms with Gasteiger partial charge in [0.25, 0.3) is 0 Å². The van der Waals surface area contributed by atoms with Crippen LogP contribution < -0.4 is 0 Å². The molecule has 2 atom stereocenters. The summed E-state index contributed by atoms with van der Waals surface area (Å²) in [5, 5.41) is 12.5. The molecular formula is C18H17ClN4O3S. The summed E-state index contributed by atoms with van der Waals surface area (Å²) in [6.07, 6.45) is 4.04. The van der Waals surface area contributed by atoms with Gasteiger partial charge in [-0.3, -0.25) is 4.79 Å². The van der Waals surface area contributed by atoms with Crippen LogP contribution in [0.1, 0.15) is 35.2 Å². The van der Waals surface area contributed by atoms with E-state index in [0.717, 1.165) is 24.8 Å². The van der Waals surface area contributed by atoms with Crippen molar-refractivity contribution >= 4 is 35.1 Å². The van der Waals surface area contributed by atoms with Crippen LogP contribution in [0.4, 0.5) is 0 Å². The second-order valence-electron chi connectivity index (χ2n) is 6.72. The fraction of sp³-hybridized carbons (Fsp3) is 0.389. The molecule has 0 saturated heterocycles. The first-order valence-electron chi connectivity index (χ1n) is 8.62. The molecule has 0 spiro atoms. The second kappa shape index (κ2) is 7.44. The largest absolute Gasteiger partial charge is 0.427 e. The minimum absolute atomic E-state index is 0.0632. The van der Waals surface area contributed by atoms with Crippen molar-refractivity contribution in [3.8, 4) is 0 Å². The van der Waals surface area contributed by atoms with Crippen LogP contribution in [0.25, 0.3) is 0 Å². The van der Waals surface area contributed by atoms with Gasteiger partial charge in [0.15, 0.2) is 5.78 Å². The van der Waals surface area contributed by atoms with E-state index >= 15 is 0 Å². The van der Waals surface area contributed by atoms with Crippen LogP contribution in [0.2, 0.25) is 5.02 Å². The highest BCUT2D eigenvalue weighted by Gasteiger charge is 2.37. The Morgan fingerprint density at radius 1 is 1.37 bits per heavy atom. The first-order chi connectivity index (χ1) is 13.0. The molecule has 0 radical (unpaired) electrons. The molecule has 1 aromatic carbocycles. The molecule has 2 aliphatic carbocycles. The Hall–Kier alpha value is -2.19. The Balaban J connectivity index is 1.53. The Bertz CT molecular complexity index is 942. The summed E-state index contributed by atoms with van der Waals surface area (Å²) in [6.45, 7) is 0. The van der Waals surface area contributed by atoms with Crippen LogP contribution in [0, 0.1) is 11.8 Å². The van der Waals surface area contributed by atoms with Gasteiger partial charge >= 0.3 is 5.97 Å². The predicted molar refractivity (Wildman–Crippen MR) is 99.1 cm³/mol. The fourth-order valence-electron chi connectivity index (χ4n) is 3.52. The van der Waals surface area contributed by atoms with E-state index in [1.54, 1.807) is 29.9 Å². The summed E-state index contributed by atoms with van der Waals surface area (Å²) in [6, 6.07) is 5.04. The van der Waals surface area contributed by atoms with Crippen LogP contribution in [0.3, 0.4) is 0 Å². The first-order valence-corrected chi connectivity index (χ1v) is 9.99. The number of esters is 1. The maximum Gasteiger partial charge on any atom is 0.343 e. The lowest BCUT2D eigenvalue weighted by Crippen LogP contribution is -2.19. The van der Waals surface area contributed by atoms with Crippen molar-refractivity contribution in [2.45, 2.75) is 30.2 Å². The molecule has 4 rings (SSSR count). The van der Waals surface area contributed by atoms with E-state index < -0.39 is 5.97 Å². The summed E-state index contributed by atoms with van der Waals surface area (Å²) in [5.41, 5.74) is 1.16. The van der Waals surface area contributed by atoms with E-state index in [1.807, 2.05) is 0 Å². The highest BCUT2D eigenvalue weighted by molar-refractivity contribution is 7.98. The summed E-state index contributed by atoms with van der Waals surface area (Å²) >= 11 is 7.51. The molecule has 2 aromatic rings. The van der Waals surface area contributed by atoms with Gasteiger partial charge in [0, 0.05) is 35.7 Å². The van der Waals surface area contributed by atoms with Crippen LogP contribution in [-0.2, 0) is 22.3 Å². The zero-order valence-electron chi connectivity index (χ0n) is 14.6. The number of carbonyl (C=O) groups excluding carboxylic acids is 2. The first kappa shape index (κ1) is 18.2. The number of aryl methyl sites for hydroxylation is 1. The Morgan fingerprint density at radius 3 is 2.96 bits per heavy atom. The fourth-order valence-corrected chi connectivity index (χ4v) is 4.55. The third-order valence-corrected chi connectivity index (χ3v) is 6.25. The molecule has 0 N–H and O–H groups in total. The van der Waals surface area contributed by atoms with Crippen molar-refractivity contribution in [2.24, 2.45) is 18.9 Å². The van der Waals surface area contributed by atoms with Crippen LogP contribution in [-0.4, -0.2) is 32.0 Å². The van der Waals surface area contributed by atoms with Gasteiger partial charge in [-0.1, -0.05) is 23.4 Å². The van der Waals surface area contributed by atoms with Crippen molar-refractivity contribution in [2.75, 3.05) is 0 Å². The highest BCUT2D eigenvalue weighted by Crippen LogP contribution is 2.41.